The number of carbonyl (C=O) groups is 1. The van der Waals surface area contributed by atoms with E-state index in [0.29, 0.717) is 33.6 Å². The number of hydrogen-bond donors (Lipinski definition) is 1. The zero-order valence-electron chi connectivity index (χ0n) is 12.0. The highest BCUT2D eigenvalue weighted by Gasteiger charge is 2.15. The van der Waals surface area contributed by atoms with Crippen LogP contribution in [-0.2, 0) is 4.74 Å². The first kappa shape index (κ1) is 18.0. The Morgan fingerprint density at radius 3 is 2.57 bits per heavy atom. The standard InChI is InChI=1S/C15H16Cl3NO2/c1-15(2,3)21-14(20)19-7-5-4-6-10-8-11(16)9-12(17)13(10)18/h8-9H,5,7H2,1-3H3,(H,19,20). The van der Waals surface area contributed by atoms with E-state index >= 15 is 0 Å². The number of alkyl carbamates (subject to hydrolysis) is 1. The molecule has 0 saturated heterocycles. The van der Waals surface area contributed by atoms with Gasteiger partial charge in [-0.2, -0.15) is 0 Å². The van der Waals surface area contributed by atoms with Crippen LogP contribution < -0.4 is 5.32 Å². The second-order valence-corrected chi connectivity index (χ2v) is 6.45. The van der Waals surface area contributed by atoms with Gasteiger partial charge in [0.25, 0.3) is 0 Å². The van der Waals surface area contributed by atoms with Crippen LogP contribution in [0.2, 0.25) is 15.1 Å². The lowest BCUT2D eigenvalue weighted by molar-refractivity contribution is 0.0529. The molecule has 1 amide bonds. The topological polar surface area (TPSA) is 38.3 Å². The molecular weight excluding hydrogens is 333 g/mol. The number of ether oxygens (including phenoxy) is 1. The fourth-order valence-corrected chi connectivity index (χ4v) is 2.00. The Bertz CT molecular complexity index is 583. The van der Waals surface area contributed by atoms with E-state index in [9.17, 15) is 4.79 Å². The van der Waals surface area contributed by atoms with Gasteiger partial charge < -0.3 is 10.1 Å². The molecule has 0 aliphatic rings. The fourth-order valence-electron chi connectivity index (χ4n) is 1.35. The highest BCUT2D eigenvalue weighted by molar-refractivity contribution is 6.43. The molecule has 0 fully saturated rings. The summed E-state index contributed by atoms with van der Waals surface area (Å²) in [5, 5.41) is 3.82. The van der Waals surface area contributed by atoms with Gasteiger partial charge in [-0.15, -0.1) is 0 Å². The number of hydrogen-bond acceptors (Lipinski definition) is 2. The third-order valence-corrected chi connectivity index (χ3v) is 3.15. The monoisotopic (exact) mass is 347 g/mol. The molecule has 1 aromatic rings. The van der Waals surface area contributed by atoms with Crippen molar-refractivity contribution >= 4 is 40.9 Å². The van der Waals surface area contributed by atoms with Crippen LogP contribution in [0.15, 0.2) is 12.1 Å². The van der Waals surface area contributed by atoms with Gasteiger partial charge in [0, 0.05) is 23.6 Å². The molecular formula is C15H16Cl3NO2. The van der Waals surface area contributed by atoms with Crippen molar-refractivity contribution in [2.75, 3.05) is 6.54 Å². The van der Waals surface area contributed by atoms with Gasteiger partial charge >= 0.3 is 6.09 Å². The van der Waals surface area contributed by atoms with E-state index in [1.54, 1.807) is 32.9 Å². The summed E-state index contributed by atoms with van der Waals surface area (Å²) in [6, 6.07) is 3.20. The maximum Gasteiger partial charge on any atom is 0.407 e. The molecule has 0 spiro atoms. The molecule has 21 heavy (non-hydrogen) atoms. The third kappa shape index (κ3) is 6.95. The predicted octanol–water partition coefficient (Wildman–Crippen LogP) is 4.91. The molecule has 6 heteroatoms. The summed E-state index contributed by atoms with van der Waals surface area (Å²) < 4.78 is 5.10. The molecule has 0 saturated carbocycles. The largest absolute Gasteiger partial charge is 0.444 e. The molecule has 114 valence electrons. The smallest absolute Gasteiger partial charge is 0.407 e. The first-order valence-corrected chi connectivity index (χ1v) is 7.43. The average Bonchev–Trinajstić information content (AvgIpc) is 2.32. The molecule has 1 rings (SSSR count). The molecule has 0 radical (unpaired) electrons. The first-order valence-electron chi connectivity index (χ1n) is 6.29. The van der Waals surface area contributed by atoms with Gasteiger partial charge in [-0.3, -0.25) is 0 Å². The zero-order chi connectivity index (χ0) is 16.0. The van der Waals surface area contributed by atoms with E-state index in [0.717, 1.165) is 0 Å². The minimum Gasteiger partial charge on any atom is -0.444 e. The summed E-state index contributed by atoms with van der Waals surface area (Å²) in [4.78, 5) is 11.4. The molecule has 0 aliphatic carbocycles. The normalized spacial score (nSPS) is 10.6. The van der Waals surface area contributed by atoms with Gasteiger partial charge in [-0.1, -0.05) is 46.6 Å². The van der Waals surface area contributed by atoms with Gasteiger partial charge in [-0.05, 0) is 32.9 Å². The van der Waals surface area contributed by atoms with Crippen molar-refractivity contribution < 1.29 is 9.53 Å². The predicted molar refractivity (Wildman–Crippen MR) is 87.2 cm³/mol. The minimum atomic E-state index is -0.513. The molecule has 0 atom stereocenters. The molecule has 0 heterocycles. The maximum absolute atomic E-state index is 11.4. The zero-order valence-corrected chi connectivity index (χ0v) is 14.3. The van der Waals surface area contributed by atoms with Gasteiger partial charge in [-0.25, -0.2) is 4.79 Å². The lowest BCUT2D eigenvalue weighted by Gasteiger charge is -2.19. The van der Waals surface area contributed by atoms with Crippen LogP contribution in [0.5, 0.6) is 0 Å². The van der Waals surface area contributed by atoms with Crippen LogP contribution in [0.1, 0.15) is 32.8 Å². The van der Waals surface area contributed by atoms with Crippen molar-refractivity contribution in [1.29, 1.82) is 0 Å². The van der Waals surface area contributed by atoms with Crippen molar-refractivity contribution in [1.82, 2.24) is 5.32 Å². The summed E-state index contributed by atoms with van der Waals surface area (Å²) >= 11 is 17.8. The SMILES string of the molecule is CC(C)(C)OC(=O)NCCC#Cc1cc(Cl)cc(Cl)c1Cl. The molecule has 1 N–H and O–H groups in total. The minimum absolute atomic E-state index is 0.361. The number of carbonyl (C=O) groups excluding carboxylic acids is 1. The number of amides is 1. The van der Waals surface area contributed by atoms with Gasteiger partial charge in [0.1, 0.15) is 5.60 Å². The number of nitrogens with one attached hydrogen (secondary N) is 1. The van der Waals surface area contributed by atoms with Crippen LogP contribution in [0.25, 0.3) is 0 Å². The highest BCUT2D eigenvalue weighted by atomic mass is 35.5. The molecule has 3 nitrogen and oxygen atoms in total. The van der Waals surface area contributed by atoms with E-state index in [1.165, 1.54) is 0 Å². The maximum atomic E-state index is 11.4. The number of rotatable bonds is 2. The number of halogens is 3. The van der Waals surface area contributed by atoms with Crippen LogP contribution in [0, 0.1) is 11.8 Å². The molecule has 0 bridgehead atoms. The van der Waals surface area contributed by atoms with Gasteiger partial charge in [0.05, 0.1) is 10.0 Å². The molecule has 0 unspecified atom stereocenters. The van der Waals surface area contributed by atoms with E-state index in [1.807, 2.05) is 0 Å². The summed E-state index contributed by atoms with van der Waals surface area (Å²) in [5.41, 5.74) is 0.0484. The molecule has 0 aromatic heterocycles. The van der Waals surface area contributed by atoms with Gasteiger partial charge in [0.15, 0.2) is 0 Å². The van der Waals surface area contributed by atoms with Crippen molar-refractivity contribution in [3.63, 3.8) is 0 Å². The lowest BCUT2D eigenvalue weighted by atomic mass is 10.2. The quantitative estimate of drug-likeness (QED) is 0.468. The van der Waals surface area contributed by atoms with E-state index in [-0.39, 0.29) is 0 Å². The third-order valence-electron chi connectivity index (χ3n) is 2.13. The average molecular weight is 349 g/mol. The van der Waals surface area contributed by atoms with Gasteiger partial charge in [0.2, 0.25) is 0 Å². The molecule has 0 aliphatic heterocycles. The Morgan fingerprint density at radius 2 is 1.95 bits per heavy atom. The van der Waals surface area contributed by atoms with Crippen LogP contribution in [-0.4, -0.2) is 18.2 Å². The highest BCUT2D eigenvalue weighted by Crippen LogP contribution is 2.29. The Hall–Kier alpha value is -1.08. The Morgan fingerprint density at radius 1 is 1.29 bits per heavy atom. The van der Waals surface area contributed by atoms with Crippen LogP contribution in [0.3, 0.4) is 0 Å². The summed E-state index contributed by atoms with van der Waals surface area (Å²) in [7, 11) is 0. The Kier molecular flexibility index (Phi) is 6.67. The van der Waals surface area contributed by atoms with E-state index in [2.05, 4.69) is 17.2 Å². The summed E-state index contributed by atoms with van der Waals surface area (Å²) in [6.07, 6.45) is -0.00665. The second-order valence-electron chi connectivity index (χ2n) is 5.23. The summed E-state index contributed by atoms with van der Waals surface area (Å²) in [6.45, 7) is 5.79. The Labute approximate surface area is 139 Å². The van der Waals surface area contributed by atoms with E-state index < -0.39 is 11.7 Å². The Balaban J connectivity index is 2.50. The van der Waals surface area contributed by atoms with Crippen molar-refractivity contribution in [2.45, 2.75) is 32.8 Å². The van der Waals surface area contributed by atoms with Crippen LogP contribution >= 0.6 is 34.8 Å². The lowest BCUT2D eigenvalue weighted by Crippen LogP contribution is -2.32. The van der Waals surface area contributed by atoms with Crippen molar-refractivity contribution in [3.8, 4) is 11.8 Å². The fraction of sp³-hybridized carbons (Fsp3) is 0.400. The van der Waals surface area contributed by atoms with Crippen molar-refractivity contribution in [3.05, 3.63) is 32.8 Å². The van der Waals surface area contributed by atoms with E-state index in [4.69, 9.17) is 39.5 Å². The van der Waals surface area contributed by atoms with Crippen LogP contribution in [0.4, 0.5) is 4.79 Å². The first-order chi connectivity index (χ1) is 9.69. The summed E-state index contributed by atoms with van der Waals surface area (Å²) in [5.74, 6) is 5.77. The molecule has 1 aromatic carbocycles. The van der Waals surface area contributed by atoms with Crippen molar-refractivity contribution in [2.24, 2.45) is 0 Å². The second kappa shape index (κ2) is 7.79. The number of benzene rings is 1.